The molecule has 0 spiro atoms. The first-order valence-electron chi connectivity index (χ1n) is 13.2. The van der Waals surface area contributed by atoms with Crippen LogP contribution >= 0.6 is 11.8 Å². The molecule has 2 aliphatic rings. The standard InChI is InChI=1S/C28H34F2N4O4S2/c1-28(11-4-5-13-38-28)27(35)32-40(36,37)24-14-19(17-31)26(25(30)16-24)34-12-10-21(33(2)3)15-22(34)18-39-23-8-6-20(29)7-9-23/h6-9,14,16,21-22H,4-5,10-13,15,18H2,1-3H3,(H,32,35)/t21-,22+,28+/m0/s1. The van der Waals surface area contributed by atoms with Crippen LogP contribution in [0.5, 0.6) is 0 Å². The molecule has 1 N–H and O–H groups in total. The molecule has 4 rings (SSSR count). The molecule has 2 aromatic rings. The predicted molar refractivity (Wildman–Crippen MR) is 150 cm³/mol. The molecular weight excluding hydrogens is 558 g/mol. The van der Waals surface area contributed by atoms with Gasteiger partial charge in [-0.25, -0.2) is 21.9 Å². The Labute approximate surface area is 238 Å². The smallest absolute Gasteiger partial charge is 0.265 e. The highest BCUT2D eigenvalue weighted by Gasteiger charge is 2.39. The van der Waals surface area contributed by atoms with Gasteiger partial charge in [0.2, 0.25) is 0 Å². The number of carbonyl (C=O) groups is 1. The van der Waals surface area contributed by atoms with E-state index >= 15 is 4.39 Å². The lowest BCUT2D eigenvalue weighted by atomic mass is 9.95. The van der Waals surface area contributed by atoms with Crippen molar-refractivity contribution in [3.05, 3.63) is 53.6 Å². The maximum Gasteiger partial charge on any atom is 0.265 e. The van der Waals surface area contributed by atoms with Crippen molar-refractivity contribution < 1.29 is 26.7 Å². The third-order valence-corrected chi connectivity index (χ3v) is 10.1. The third kappa shape index (κ3) is 6.77. The summed E-state index contributed by atoms with van der Waals surface area (Å²) in [6.45, 7) is 2.33. The molecule has 40 heavy (non-hydrogen) atoms. The van der Waals surface area contributed by atoms with Gasteiger partial charge >= 0.3 is 0 Å². The monoisotopic (exact) mass is 592 g/mol. The Balaban J connectivity index is 1.61. The number of halogens is 2. The predicted octanol–water partition coefficient (Wildman–Crippen LogP) is 4.29. The maximum absolute atomic E-state index is 15.8. The van der Waals surface area contributed by atoms with Crippen LogP contribution in [0.4, 0.5) is 14.5 Å². The largest absolute Gasteiger partial charge is 0.365 e. The van der Waals surface area contributed by atoms with Crippen molar-refractivity contribution in [3.8, 4) is 6.07 Å². The minimum Gasteiger partial charge on any atom is -0.365 e. The van der Waals surface area contributed by atoms with Crippen molar-refractivity contribution in [2.24, 2.45) is 0 Å². The Bertz CT molecular complexity index is 1370. The van der Waals surface area contributed by atoms with Crippen LogP contribution in [0.1, 0.15) is 44.6 Å². The van der Waals surface area contributed by atoms with E-state index in [0.29, 0.717) is 31.7 Å². The number of anilines is 1. The maximum atomic E-state index is 15.8. The SMILES string of the molecule is CN(C)[C@H]1CCN(c2c(F)cc(S(=O)(=O)NC(=O)[C@@]3(C)CCCCO3)cc2C#N)[C@@H](CSc2ccc(F)cc2)C1. The molecule has 1 amide bonds. The van der Waals surface area contributed by atoms with E-state index in [9.17, 15) is 22.9 Å². The number of thioether (sulfide) groups is 1. The molecule has 2 aromatic carbocycles. The van der Waals surface area contributed by atoms with E-state index in [2.05, 4.69) is 4.90 Å². The zero-order chi connectivity index (χ0) is 29.1. The number of hydrogen-bond donors (Lipinski definition) is 1. The normalized spacial score (nSPS) is 23.6. The summed E-state index contributed by atoms with van der Waals surface area (Å²) in [5.74, 6) is -1.45. The fourth-order valence-corrected chi connectivity index (χ4v) is 7.32. The lowest BCUT2D eigenvalue weighted by Crippen LogP contribution is -2.50. The van der Waals surface area contributed by atoms with Gasteiger partial charge in [0.25, 0.3) is 15.9 Å². The van der Waals surface area contributed by atoms with E-state index < -0.39 is 32.2 Å². The quantitative estimate of drug-likeness (QED) is 0.453. The summed E-state index contributed by atoms with van der Waals surface area (Å²) in [6.07, 6.45) is 3.29. The van der Waals surface area contributed by atoms with Crippen molar-refractivity contribution in [1.29, 1.82) is 5.26 Å². The van der Waals surface area contributed by atoms with Gasteiger partial charge in [-0.2, -0.15) is 5.26 Å². The zero-order valence-electron chi connectivity index (χ0n) is 22.8. The number of benzene rings is 2. The minimum absolute atomic E-state index is 0.0391. The van der Waals surface area contributed by atoms with Crippen LogP contribution in [-0.4, -0.2) is 69.9 Å². The number of nitrogens with zero attached hydrogens (tertiary/aromatic N) is 3. The molecule has 8 nitrogen and oxygen atoms in total. The Hall–Kier alpha value is -2.72. The van der Waals surface area contributed by atoms with Crippen LogP contribution in [0.25, 0.3) is 0 Å². The van der Waals surface area contributed by atoms with E-state index in [4.69, 9.17) is 4.74 Å². The van der Waals surface area contributed by atoms with Crippen LogP contribution in [0.15, 0.2) is 46.2 Å². The molecule has 0 aromatic heterocycles. The summed E-state index contributed by atoms with van der Waals surface area (Å²) < 4.78 is 62.9. The van der Waals surface area contributed by atoms with Crippen molar-refractivity contribution >= 4 is 33.4 Å². The summed E-state index contributed by atoms with van der Waals surface area (Å²) >= 11 is 1.51. The number of piperidine rings is 1. The van der Waals surface area contributed by atoms with E-state index in [-0.39, 0.29) is 29.2 Å². The van der Waals surface area contributed by atoms with Crippen LogP contribution in [-0.2, 0) is 19.6 Å². The topological polar surface area (TPSA) is 103 Å². The number of ether oxygens (including phenoxy) is 1. The fraction of sp³-hybridized carbons (Fsp3) is 0.500. The van der Waals surface area contributed by atoms with Gasteiger partial charge in [-0.1, -0.05) is 0 Å². The van der Waals surface area contributed by atoms with Crippen molar-refractivity contribution in [3.63, 3.8) is 0 Å². The molecule has 2 saturated heterocycles. The summed E-state index contributed by atoms with van der Waals surface area (Å²) in [7, 11) is -0.494. The van der Waals surface area contributed by atoms with Gasteiger partial charge in [0.15, 0.2) is 0 Å². The summed E-state index contributed by atoms with van der Waals surface area (Å²) in [4.78, 5) is 17.1. The lowest BCUT2D eigenvalue weighted by molar-refractivity contribution is -0.148. The second-order valence-electron chi connectivity index (χ2n) is 10.6. The number of carbonyl (C=O) groups excluding carboxylic acids is 1. The minimum atomic E-state index is -4.46. The Morgan fingerprint density at radius 1 is 1.25 bits per heavy atom. The van der Waals surface area contributed by atoms with Gasteiger partial charge in [-0.3, -0.25) is 4.79 Å². The third-order valence-electron chi connectivity index (χ3n) is 7.61. The number of sulfonamides is 1. The first kappa shape index (κ1) is 30.2. The molecule has 0 aliphatic carbocycles. The molecule has 216 valence electrons. The summed E-state index contributed by atoms with van der Waals surface area (Å²) in [5, 5.41) is 9.96. The van der Waals surface area contributed by atoms with E-state index in [1.165, 1.54) is 30.8 Å². The van der Waals surface area contributed by atoms with Gasteiger partial charge in [0, 0.05) is 35.9 Å². The molecule has 12 heteroatoms. The van der Waals surface area contributed by atoms with Gasteiger partial charge in [-0.15, -0.1) is 11.8 Å². The van der Waals surface area contributed by atoms with Crippen molar-refractivity contribution in [2.45, 2.75) is 66.5 Å². The van der Waals surface area contributed by atoms with E-state index in [1.807, 2.05) is 29.8 Å². The average molecular weight is 593 g/mol. The Morgan fingerprint density at radius 3 is 2.60 bits per heavy atom. The molecule has 0 saturated carbocycles. The van der Waals surface area contributed by atoms with E-state index in [0.717, 1.165) is 36.3 Å². The summed E-state index contributed by atoms with van der Waals surface area (Å²) in [6, 6.07) is 10.1. The summed E-state index contributed by atoms with van der Waals surface area (Å²) in [5.41, 5.74) is -1.39. The molecule has 0 unspecified atom stereocenters. The fourth-order valence-electron chi connectivity index (χ4n) is 5.18. The number of hydrogen-bond acceptors (Lipinski definition) is 8. The molecule has 2 heterocycles. The van der Waals surface area contributed by atoms with Crippen LogP contribution in [0, 0.1) is 23.0 Å². The molecule has 2 fully saturated rings. The highest BCUT2D eigenvalue weighted by molar-refractivity contribution is 7.99. The first-order chi connectivity index (χ1) is 18.9. The second-order valence-corrected chi connectivity index (χ2v) is 13.4. The zero-order valence-corrected chi connectivity index (χ0v) is 24.5. The van der Waals surface area contributed by atoms with Gasteiger partial charge < -0.3 is 14.5 Å². The van der Waals surface area contributed by atoms with Crippen molar-refractivity contribution in [1.82, 2.24) is 9.62 Å². The van der Waals surface area contributed by atoms with Crippen molar-refractivity contribution in [2.75, 3.05) is 37.9 Å². The van der Waals surface area contributed by atoms with Crippen LogP contribution in [0.3, 0.4) is 0 Å². The Kier molecular flexibility index (Phi) is 9.40. The molecule has 0 bridgehead atoms. The molecule has 3 atom stereocenters. The number of nitrogens with one attached hydrogen (secondary N) is 1. The number of rotatable bonds is 8. The highest BCUT2D eigenvalue weighted by Crippen LogP contribution is 2.36. The molecule has 2 aliphatic heterocycles. The van der Waals surface area contributed by atoms with Crippen LogP contribution in [0.2, 0.25) is 0 Å². The van der Waals surface area contributed by atoms with Gasteiger partial charge in [-0.05, 0) is 89.5 Å². The Morgan fingerprint density at radius 2 is 1.98 bits per heavy atom. The molecule has 0 radical (unpaired) electrons. The van der Waals surface area contributed by atoms with Gasteiger partial charge in [0.1, 0.15) is 23.3 Å². The average Bonchev–Trinajstić information content (AvgIpc) is 2.92. The lowest BCUT2D eigenvalue weighted by Gasteiger charge is -2.43. The van der Waals surface area contributed by atoms with Crippen LogP contribution < -0.4 is 9.62 Å². The van der Waals surface area contributed by atoms with E-state index in [1.54, 1.807) is 12.1 Å². The highest BCUT2D eigenvalue weighted by atomic mass is 32.2. The van der Waals surface area contributed by atoms with Gasteiger partial charge in [0.05, 0.1) is 16.1 Å². The molecular formula is C28H34F2N4O4S2. The second kappa shape index (κ2) is 12.4. The number of nitriles is 1. The first-order valence-corrected chi connectivity index (χ1v) is 15.7. The number of amides is 1.